The average molecular weight is 262 g/mol. The summed E-state index contributed by atoms with van der Waals surface area (Å²) < 4.78 is 0. The van der Waals surface area contributed by atoms with Gasteiger partial charge < -0.3 is 15.3 Å². The van der Waals surface area contributed by atoms with Crippen molar-refractivity contribution in [2.45, 2.75) is 25.8 Å². The van der Waals surface area contributed by atoms with Gasteiger partial charge in [-0.1, -0.05) is 25.1 Å². The second-order valence-electron chi connectivity index (χ2n) is 4.66. The molecule has 1 atom stereocenters. The maximum absolute atomic E-state index is 12.0. The van der Waals surface area contributed by atoms with Gasteiger partial charge in [-0.25, -0.2) is 0 Å². The third kappa shape index (κ3) is 3.12. The number of hydrogen-bond donors (Lipinski definition) is 2. The van der Waals surface area contributed by atoms with Crippen LogP contribution in [0.4, 0.5) is 5.69 Å². The van der Waals surface area contributed by atoms with Crippen molar-refractivity contribution in [1.29, 1.82) is 0 Å². The number of carbonyl (C=O) groups is 2. The predicted molar refractivity (Wildman–Crippen MR) is 72.2 cm³/mol. The first kappa shape index (κ1) is 13.5. The number of anilines is 1. The molecule has 1 aromatic rings. The number of carbonyl (C=O) groups excluding carboxylic acids is 1. The minimum atomic E-state index is -0.851. The lowest BCUT2D eigenvalue weighted by Gasteiger charge is -2.34. The maximum atomic E-state index is 12.0. The Hall–Kier alpha value is -1.88. The van der Waals surface area contributed by atoms with Crippen LogP contribution < -0.4 is 10.2 Å². The molecule has 0 radical (unpaired) electrons. The summed E-state index contributed by atoms with van der Waals surface area (Å²) in [4.78, 5) is 24.5. The van der Waals surface area contributed by atoms with E-state index in [0.29, 0.717) is 6.54 Å². The van der Waals surface area contributed by atoms with E-state index in [4.69, 9.17) is 5.11 Å². The number of hydrogen-bond acceptors (Lipinski definition) is 3. The summed E-state index contributed by atoms with van der Waals surface area (Å²) in [5.41, 5.74) is 2.00. The van der Waals surface area contributed by atoms with E-state index in [2.05, 4.69) is 5.32 Å². The monoisotopic (exact) mass is 262 g/mol. The van der Waals surface area contributed by atoms with E-state index in [1.165, 1.54) is 0 Å². The molecular formula is C14H18N2O3. The molecule has 0 saturated carbocycles. The zero-order chi connectivity index (χ0) is 13.8. The number of piperazine rings is 1. The highest BCUT2D eigenvalue weighted by Gasteiger charge is 2.28. The number of para-hydroxylation sites is 1. The molecule has 2 rings (SSSR count). The Morgan fingerprint density at radius 2 is 2.21 bits per heavy atom. The average Bonchev–Trinajstić information content (AvgIpc) is 2.40. The van der Waals surface area contributed by atoms with Gasteiger partial charge in [0.2, 0.25) is 5.91 Å². The van der Waals surface area contributed by atoms with Gasteiger partial charge in [-0.2, -0.15) is 0 Å². The molecule has 0 spiro atoms. The number of rotatable bonds is 4. The first-order valence-electron chi connectivity index (χ1n) is 6.45. The van der Waals surface area contributed by atoms with Crippen molar-refractivity contribution in [2.24, 2.45) is 0 Å². The molecule has 1 aliphatic rings. The molecule has 0 aromatic heterocycles. The van der Waals surface area contributed by atoms with Crippen LogP contribution in [0.25, 0.3) is 0 Å². The zero-order valence-corrected chi connectivity index (χ0v) is 10.9. The Bertz CT molecular complexity index is 487. The zero-order valence-electron chi connectivity index (χ0n) is 10.9. The number of amides is 1. The molecule has 5 nitrogen and oxygen atoms in total. The lowest BCUT2D eigenvalue weighted by Crippen LogP contribution is -2.55. The fourth-order valence-corrected chi connectivity index (χ4v) is 2.37. The third-order valence-corrected chi connectivity index (χ3v) is 3.33. The van der Waals surface area contributed by atoms with Crippen LogP contribution in [-0.4, -0.2) is 36.1 Å². The molecule has 1 aliphatic heterocycles. The molecule has 5 heteroatoms. The third-order valence-electron chi connectivity index (χ3n) is 3.33. The molecule has 1 aromatic carbocycles. The Labute approximate surface area is 112 Å². The van der Waals surface area contributed by atoms with Gasteiger partial charge in [0.1, 0.15) is 0 Å². The van der Waals surface area contributed by atoms with Crippen LogP contribution in [0.3, 0.4) is 0 Å². The minimum absolute atomic E-state index is 0.0115. The number of carboxylic acid groups (broad SMARTS) is 1. The largest absolute Gasteiger partial charge is 0.481 e. The van der Waals surface area contributed by atoms with Crippen molar-refractivity contribution >= 4 is 17.6 Å². The van der Waals surface area contributed by atoms with Crippen molar-refractivity contribution in [1.82, 2.24) is 5.32 Å². The molecule has 1 heterocycles. The van der Waals surface area contributed by atoms with E-state index >= 15 is 0 Å². The summed E-state index contributed by atoms with van der Waals surface area (Å²) in [5.74, 6) is -0.863. The fourth-order valence-electron chi connectivity index (χ4n) is 2.37. The van der Waals surface area contributed by atoms with Gasteiger partial charge in [0.15, 0.2) is 0 Å². The number of carboxylic acids is 1. The Morgan fingerprint density at radius 1 is 1.47 bits per heavy atom. The van der Waals surface area contributed by atoms with E-state index in [0.717, 1.165) is 17.7 Å². The molecule has 2 N–H and O–H groups in total. The molecule has 1 amide bonds. The van der Waals surface area contributed by atoms with E-state index in [1.807, 2.05) is 31.2 Å². The minimum Gasteiger partial charge on any atom is -0.481 e. The fraction of sp³-hybridized carbons (Fsp3) is 0.429. The summed E-state index contributed by atoms with van der Waals surface area (Å²) in [7, 11) is 0. The second-order valence-corrected chi connectivity index (χ2v) is 4.66. The Balaban J connectivity index is 2.21. The van der Waals surface area contributed by atoms with E-state index in [1.54, 1.807) is 4.90 Å². The molecular weight excluding hydrogens is 244 g/mol. The number of nitrogens with one attached hydrogen (secondary N) is 1. The van der Waals surface area contributed by atoms with Gasteiger partial charge in [0, 0.05) is 18.3 Å². The molecule has 1 unspecified atom stereocenters. The van der Waals surface area contributed by atoms with Crippen LogP contribution in [0.15, 0.2) is 24.3 Å². The van der Waals surface area contributed by atoms with Gasteiger partial charge in [-0.3, -0.25) is 9.59 Å². The SMILES string of the molecule is CCc1ccccc1N1CC(CC(=O)O)NCC1=O. The van der Waals surface area contributed by atoms with Gasteiger partial charge in [-0.05, 0) is 18.1 Å². The van der Waals surface area contributed by atoms with Crippen LogP contribution in [0.2, 0.25) is 0 Å². The Kier molecular flexibility index (Phi) is 4.16. The Morgan fingerprint density at radius 3 is 2.89 bits per heavy atom. The van der Waals surface area contributed by atoms with Gasteiger partial charge >= 0.3 is 5.97 Å². The summed E-state index contributed by atoms with van der Waals surface area (Å²) in [6.07, 6.45) is 0.870. The summed E-state index contributed by atoms with van der Waals surface area (Å²) in [5, 5.41) is 11.8. The van der Waals surface area contributed by atoms with E-state index < -0.39 is 5.97 Å². The molecule has 102 valence electrons. The first-order chi connectivity index (χ1) is 9.11. The number of nitrogens with zero attached hydrogens (tertiary/aromatic N) is 1. The van der Waals surface area contributed by atoms with Crippen LogP contribution in [-0.2, 0) is 16.0 Å². The highest BCUT2D eigenvalue weighted by molar-refractivity contribution is 5.96. The highest BCUT2D eigenvalue weighted by atomic mass is 16.4. The van der Waals surface area contributed by atoms with Crippen molar-refractivity contribution in [2.75, 3.05) is 18.0 Å². The number of aryl methyl sites for hydroxylation is 1. The second kappa shape index (κ2) is 5.84. The topological polar surface area (TPSA) is 69.6 Å². The van der Waals surface area contributed by atoms with Crippen LogP contribution in [0, 0.1) is 0 Å². The predicted octanol–water partition coefficient (Wildman–Crippen LogP) is 1.03. The lowest BCUT2D eigenvalue weighted by atomic mass is 10.1. The van der Waals surface area contributed by atoms with Crippen molar-refractivity contribution in [3.8, 4) is 0 Å². The highest BCUT2D eigenvalue weighted by Crippen LogP contribution is 2.23. The van der Waals surface area contributed by atoms with Crippen LogP contribution in [0.5, 0.6) is 0 Å². The number of benzene rings is 1. The molecule has 0 aliphatic carbocycles. The normalized spacial score (nSPS) is 19.5. The smallest absolute Gasteiger partial charge is 0.304 e. The van der Waals surface area contributed by atoms with E-state index in [9.17, 15) is 9.59 Å². The van der Waals surface area contributed by atoms with Crippen LogP contribution >= 0.6 is 0 Å². The van der Waals surface area contributed by atoms with Gasteiger partial charge in [0.25, 0.3) is 0 Å². The lowest BCUT2D eigenvalue weighted by molar-refractivity contribution is -0.138. The van der Waals surface area contributed by atoms with Crippen molar-refractivity contribution < 1.29 is 14.7 Å². The summed E-state index contributed by atoms with van der Waals surface area (Å²) in [6, 6.07) is 7.57. The summed E-state index contributed by atoms with van der Waals surface area (Å²) >= 11 is 0. The number of aliphatic carboxylic acids is 1. The van der Waals surface area contributed by atoms with Crippen molar-refractivity contribution in [3.63, 3.8) is 0 Å². The van der Waals surface area contributed by atoms with Crippen LogP contribution in [0.1, 0.15) is 18.9 Å². The molecule has 1 fully saturated rings. The molecule has 0 bridgehead atoms. The van der Waals surface area contributed by atoms with Gasteiger partial charge in [-0.15, -0.1) is 0 Å². The standard InChI is InChI=1S/C14H18N2O3/c1-2-10-5-3-4-6-12(10)16-9-11(7-14(18)19)15-8-13(16)17/h3-6,11,15H,2,7-9H2,1H3,(H,18,19). The first-order valence-corrected chi connectivity index (χ1v) is 6.45. The maximum Gasteiger partial charge on any atom is 0.304 e. The molecule has 1 saturated heterocycles. The molecule has 19 heavy (non-hydrogen) atoms. The van der Waals surface area contributed by atoms with Crippen molar-refractivity contribution in [3.05, 3.63) is 29.8 Å². The van der Waals surface area contributed by atoms with E-state index in [-0.39, 0.29) is 24.9 Å². The quantitative estimate of drug-likeness (QED) is 0.850. The summed E-state index contributed by atoms with van der Waals surface area (Å²) in [6.45, 7) is 2.64. The van der Waals surface area contributed by atoms with Gasteiger partial charge in [0.05, 0.1) is 13.0 Å².